The Morgan fingerprint density at radius 1 is 1.32 bits per heavy atom. The van der Waals surface area contributed by atoms with Gasteiger partial charge in [-0.1, -0.05) is 26.0 Å². The SMILES string of the molecule is CC(C)NCc1cccc(NS(=O)(=O)CC2CC2)c1. The van der Waals surface area contributed by atoms with E-state index >= 15 is 0 Å². The second kappa shape index (κ2) is 5.92. The molecule has 0 radical (unpaired) electrons. The van der Waals surface area contributed by atoms with Crippen molar-refractivity contribution in [3.63, 3.8) is 0 Å². The molecule has 0 aromatic heterocycles. The number of hydrogen-bond donors (Lipinski definition) is 2. The van der Waals surface area contributed by atoms with Gasteiger partial charge in [0.15, 0.2) is 0 Å². The summed E-state index contributed by atoms with van der Waals surface area (Å²) in [5, 5.41) is 3.32. The van der Waals surface area contributed by atoms with Crippen molar-refractivity contribution < 1.29 is 8.42 Å². The molecule has 0 saturated heterocycles. The second-order valence-electron chi connectivity index (χ2n) is 5.56. The predicted molar refractivity (Wildman–Crippen MR) is 78.6 cm³/mol. The Morgan fingerprint density at radius 2 is 2.05 bits per heavy atom. The first-order valence-electron chi connectivity index (χ1n) is 6.77. The Kier molecular flexibility index (Phi) is 4.47. The van der Waals surface area contributed by atoms with E-state index in [4.69, 9.17) is 0 Å². The van der Waals surface area contributed by atoms with E-state index in [-0.39, 0.29) is 5.75 Å². The summed E-state index contributed by atoms with van der Waals surface area (Å²) in [5.41, 5.74) is 1.74. The first kappa shape index (κ1) is 14.3. The van der Waals surface area contributed by atoms with Crippen LogP contribution >= 0.6 is 0 Å². The fourth-order valence-corrected chi connectivity index (χ4v) is 3.41. The maximum atomic E-state index is 11.9. The molecule has 1 aromatic rings. The van der Waals surface area contributed by atoms with E-state index in [2.05, 4.69) is 23.9 Å². The van der Waals surface area contributed by atoms with E-state index in [1.807, 2.05) is 18.2 Å². The first-order chi connectivity index (χ1) is 8.94. The molecule has 1 fully saturated rings. The molecular formula is C14H22N2O2S. The van der Waals surface area contributed by atoms with Crippen LogP contribution in [0.5, 0.6) is 0 Å². The van der Waals surface area contributed by atoms with Crippen LogP contribution in [0.25, 0.3) is 0 Å². The highest BCUT2D eigenvalue weighted by molar-refractivity contribution is 7.92. The zero-order valence-electron chi connectivity index (χ0n) is 11.5. The predicted octanol–water partition coefficient (Wildman–Crippen LogP) is 2.34. The van der Waals surface area contributed by atoms with Crippen LogP contribution in [-0.4, -0.2) is 20.2 Å². The largest absolute Gasteiger partial charge is 0.310 e. The summed E-state index contributed by atoms with van der Waals surface area (Å²) in [5.74, 6) is 0.616. The van der Waals surface area contributed by atoms with Gasteiger partial charge in [-0.15, -0.1) is 0 Å². The highest BCUT2D eigenvalue weighted by Crippen LogP contribution is 2.30. The minimum atomic E-state index is -3.19. The quantitative estimate of drug-likeness (QED) is 0.807. The minimum Gasteiger partial charge on any atom is -0.310 e. The zero-order valence-corrected chi connectivity index (χ0v) is 12.3. The molecule has 1 aliphatic rings. The van der Waals surface area contributed by atoms with Crippen molar-refractivity contribution in [2.24, 2.45) is 5.92 Å². The summed E-state index contributed by atoms with van der Waals surface area (Å²) in [7, 11) is -3.19. The molecule has 2 N–H and O–H groups in total. The maximum Gasteiger partial charge on any atom is 0.232 e. The number of nitrogens with one attached hydrogen (secondary N) is 2. The van der Waals surface area contributed by atoms with Gasteiger partial charge in [0.25, 0.3) is 0 Å². The van der Waals surface area contributed by atoms with Gasteiger partial charge in [-0.05, 0) is 36.5 Å². The summed E-state index contributed by atoms with van der Waals surface area (Å²) < 4.78 is 26.5. The van der Waals surface area contributed by atoms with E-state index in [0.29, 0.717) is 17.6 Å². The molecule has 0 heterocycles. The molecule has 1 aromatic carbocycles. The Balaban J connectivity index is 1.97. The number of sulfonamides is 1. The summed E-state index contributed by atoms with van der Waals surface area (Å²) >= 11 is 0. The van der Waals surface area contributed by atoms with Crippen LogP contribution in [0, 0.1) is 5.92 Å². The summed E-state index contributed by atoms with van der Waals surface area (Å²) in [4.78, 5) is 0. The number of hydrogen-bond acceptors (Lipinski definition) is 3. The maximum absolute atomic E-state index is 11.9. The van der Waals surface area contributed by atoms with Gasteiger partial charge in [-0.2, -0.15) is 0 Å². The van der Waals surface area contributed by atoms with Crippen LogP contribution in [0.2, 0.25) is 0 Å². The molecule has 4 nitrogen and oxygen atoms in total. The molecule has 5 heteroatoms. The van der Waals surface area contributed by atoms with Gasteiger partial charge in [0.2, 0.25) is 10.0 Å². The lowest BCUT2D eigenvalue weighted by Gasteiger charge is -2.11. The normalized spacial score (nSPS) is 15.7. The summed E-state index contributed by atoms with van der Waals surface area (Å²) in [6.07, 6.45) is 2.08. The Bertz CT molecular complexity index is 522. The minimum absolute atomic E-state index is 0.251. The molecule has 0 bridgehead atoms. The highest BCUT2D eigenvalue weighted by Gasteiger charge is 2.27. The lowest BCUT2D eigenvalue weighted by molar-refractivity contribution is 0.588. The van der Waals surface area contributed by atoms with Crippen LogP contribution in [0.4, 0.5) is 5.69 Å². The van der Waals surface area contributed by atoms with E-state index in [1.165, 1.54) is 0 Å². The van der Waals surface area contributed by atoms with Gasteiger partial charge in [-0.3, -0.25) is 4.72 Å². The van der Waals surface area contributed by atoms with E-state index in [9.17, 15) is 8.42 Å². The van der Waals surface area contributed by atoms with Gasteiger partial charge in [0, 0.05) is 18.3 Å². The van der Waals surface area contributed by atoms with Crippen molar-refractivity contribution >= 4 is 15.7 Å². The van der Waals surface area contributed by atoms with Gasteiger partial charge >= 0.3 is 0 Å². The summed E-state index contributed by atoms with van der Waals surface area (Å²) in [6, 6.07) is 7.97. The smallest absolute Gasteiger partial charge is 0.232 e. The Hall–Kier alpha value is -1.07. The monoisotopic (exact) mass is 282 g/mol. The fourth-order valence-electron chi connectivity index (χ4n) is 1.88. The molecule has 0 atom stereocenters. The third-order valence-electron chi connectivity index (χ3n) is 3.07. The molecule has 1 aliphatic carbocycles. The number of rotatable bonds is 7. The van der Waals surface area contributed by atoms with Crippen molar-refractivity contribution in [2.45, 2.75) is 39.3 Å². The van der Waals surface area contributed by atoms with E-state index in [1.54, 1.807) is 6.07 Å². The average molecular weight is 282 g/mol. The third-order valence-corrected chi connectivity index (χ3v) is 4.52. The highest BCUT2D eigenvalue weighted by atomic mass is 32.2. The van der Waals surface area contributed by atoms with Crippen molar-refractivity contribution in [2.75, 3.05) is 10.5 Å². The zero-order chi connectivity index (χ0) is 13.9. The third kappa shape index (κ3) is 5.20. The average Bonchev–Trinajstić information content (AvgIpc) is 3.09. The van der Waals surface area contributed by atoms with Gasteiger partial charge in [0.05, 0.1) is 5.75 Å². The first-order valence-corrected chi connectivity index (χ1v) is 8.42. The van der Waals surface area contributed by atoms with Crippen molar-refractivity contribution in [1.82, 2.24) is 5.32 Å². The Morgan fingerprint density at radius 3 is 2.68 bits per heavy atom. The van der Waals surface area contributed by atoms with Crippen LogP contribution < -0.4 is 10.0 Å². The standard InChI is InChI=1S/C14H22N2O2S/c1-11(2)15-9-13-4-3-5-14(8-13)16-19(17,18)10-12-6-7-12/h3-5,8,11-12,15-16H,6-7,9-10H2,1-2H3. The summed E-state index contributed by atoms with van der Waals surface area (Å²) in [6.45, 7) is 4.92. The van der Waals surface area contributed by atoms with Crippen LogP contribution in [0.1, 0.15) is 32.3 Å². The molecule has 0 unspecified atom stereocenters. The molecule has 2 rings (SSSR count). The van der Waals surface area contributed by atoms with Crippen molar-refractivity contribution in [3.8, 4) is 0 Å². The fraction of sp³-hybridized carbons (Fsp3) is 0.571. The molecule has 0 aliphatic heterocycles. The second-order valence-corrected chi connectivity index (χ2v) is 7.33. The lowest BCUT2D eigenvalue weighted by Crippen LogP contribution is -2.22. The van der Waals surface area contributed by atoms with Gasteiger partial charge in [0.1, 0.15) is 0 Å². The Labute approximate surface area is 115 Å². The topological polar surface area (TPSA) is 58.2 Å². The molecule has 19 heavy (non-hydrogen) atoms. The molecule has 0 spiro atoms. The van der Waals surface area contributed by atoms with Crippen molar-refractivity contribution in [1.29, 1.82) is 0 Å². The van der Waals surface area contributed by atoms with Crippen molar-refractivity contribution in [3.05, 3.63) is 29.8 Å². The lowest BCUT2D eigenvalue weighted by atomic mass is 10.2. The number of anilines is 1. The van der Waals surface area contributed by atoms with Crippen LogP contribution in [-0.2, 0) is 16.6 Å². The van der Waals surface area contributed by atoms with Gasteiger partial charge in [-0.25, -0.2) is 8.42 Å². The van der Waals surface area contributed by atoms with E-state index in [0.717, 1.165) is 24.9 Å². The van der Waals surface area contributed by atoms with Gasteiger partial charge < -0.3 is 5.32 Å². The number of benzene rings is 1. The van der Waals surface area contributed by atoms with Crippen LogP contribution in [0.15, 0.2) is 24.3 Å². The molecule has 1 saturated carbocycles. The molecule has 0 amide bonds. The van der Waals surface area contributed by atoms with Crippen LogP contribution in [0.3, 0.4) is 0 Å². The molecule has 106 valence electrons. The molecular weight excluding hydrogens is 260 g/mol. The van der Waals surface area contributed by atoms with E-state index < -0.39 is 10.0 Å².